The van der Waals surface area contributed by atoms with Gasteiger partial charge in [-0.1, -0.05) is 12.1 Å². The molecule has 1 heterocycles. The molecule has 0 aliphatic carbocycles. The molecular weight excluding hydrogens is 269 g/mol. The second-order valence-corrected chi connectivity index (χ2v) is 4.46. The van der Waals surface area contributed by atoms with Crippen LogP contribution in [0.1, 0.15) is 29.3 Å². The topological polar surface area (TPSA) is 51.2 Å². The van der Waals surface area contributed by atoms with Crippen LogP contribution in [0.25, 0.3) is 0 Å². The smallest absolute Gasteiger partial charge is 0.416 e. The number of benzene rings is 1. The van der Waals surface area contributed by atoms with Crippen LogP contribution >= 0.6 is 0 Å². The number of rotatable bonds is 5. The van der Waals surface area contributed by atoms with Crippen molar-refractivity contribution in [2.45, 2.75) is 25.1 Å². The normalized spacial score (nSPS) is 13.4. The molecule has 1 atom stereocenters. The van der Waals surface area contributed by atoms with E-state index in [-0.39, 0.29) is 6.04 Å². The van der Waals surface area contributed by atoms with Crippen molar-refractivity contribution >= 4 is 0 Å². The lowest BCUT2D eigenvalue weighted by Crippen LogP contribution is -2.28. The van der Waals surface area contributed by atoms with Gasteiger partial charge in [0.25, 0.3) is 0 Å². The Morgan fingerprint density at radius 1 is 1.15 bits per heavy atom. The average molecular weight is 284 g/mol. The number of nitrogens with one attached hydrogen (secondary N) is 1. The molecule has 0 saturated heterocycles. The Morgan fingerprint density at radius 2 is 1.85 bits per heavy atom. The molecule has 3 nitrogen and oxygen atoms in total. The summed E-state index contributed by atoms with van der Waals surface area (Å²) in [7, 11) is 0. The fourth-order valence-electron chi connectivity index (χ4n) is 1.99. The summed E-state index contributed by atoms with van der Waals surface area (Å²) in [5.74, 6) is 6.28. The maximum atomic E-state index is 12.5. The van der Waals surface area contributed by atoms with E-state index < -0.39 is 11.7 Å². The zero-order chi connectivity index (χ0) is 14.6. The molecule has 0 spiro atoms. The van der Waals surface area contributed by atoms with Gasteiger partial charge in [-0.05, 0) is 36.2 Å². The van der Waals surface area contributed by atoms with Gasteiger partial charge in [0.05, 0.1) is 11.8 Å². The van der Waals surface area contributed by atoms with Crippen molar-refractivity contribution < 1.29 is 17.6 Å². The fourth-order valence-corrected chi connectivity index (χ4v) is 1.99. The monoisotopic (exact) mass is 284 g/mol. The summed E-state index contributed by atoms with van der Waals surface area (Å²) in [6, 6.07) is 8.42. The molecule has 0 amide bonds. The van der Waals surface area contributed by atoms with E-state index in [1.165, 1.54) is 12.1 Å². The van der Waals surface area contributed by atoms with E-state index in [1.807, 2.05) is 6.07 Å². The second kappa shape index (κ2) is 6.11. The summed E-state index contributed by atoms with van der Waals surface area (Å²) in [4.78, 5) is 0. The first-order valence-corrected chi connectivity index (χ1v) is 6.16. The largest absolute Gasteiger partial charge is 0.469 e. The molecule has 2 rings (SSSR count). The standard InChI is InChI=1S/C14H15F3N2O/c15-14(16,17)11-5-3-10(4-6-11)13(19-18)8-7-12-2-1-9-20-12/h1-6,9,13,19H,7-8,18H2. The van der Waals surface area contributed by atoms with Crippen LogP contribution in [0, 0.1) is 0 Å². The van der Waals surface area contributed by atoms with Gasteiger partial charge in [0.15, 0.2) is 0 Å². The number of hydrogen-bond donors (Lipinski definition) is 2. The molecule has 0 aliphatic heterocycles. The van der Waals surface area contributed by atoms with Crippen LogP contribution in [0.2, 0.25) is 0 Å². The predicted molar refractivity (Wildman–Crippen MR) is 68.5 cm³/mol. The van der Waals surface area contributed by atoms with E-state index in [4.69, 9.17) is 10.3 Å². The van der Waals surface area contributed by atoms with Gasteiger partial charge in [0.1, 0.15) is 5.76 Å². The van der Waals surface area contributed by atoms with Crippen LogP contribution in [-0.4, -0.2) is 0 Å². The second-order valence-electron chi connectivity index (χ2n) is 4.46. The minimum absolute atomic E-state index is 0.220. The first-order valence-electron chi connectivity index (χ1n) is 6.16. The third-order valence-electron chi connectivity index (χ3n) is 3.10. The summed E-state index contributed by atoms with van der Waals surface area (Å²) in [6.45, 7) is 0. The van der Waals surface area contributed by atoms with Gasteiger partial charge >= 0.3 is 6.18 Å². The Balaban J connectivity index is 2.04. The predicted octanol–water partition coefficient (Wildman–Crippen LogP) is 3.44. The van der Waals surface area contributed by atoms with Gasteiger partial charge in [-0.25, -0.2) is 0 Å². The van der Waals surface area contributed by atoms with Crippen LogP contribution in [0.15, 0.2) is 47.1 Å². The minimum atomic E-state index is -4.32. The molecule has 108 valence electrons. The molecule has 0 fully saturated rings. The fraction of sp³-hybridized carbons (Fsp3) is 0.286. The van der Waals surface area contributed by atoms with Crippen molar-refractivity contribution in [2.24, 2.45) is 5.84 Å². The van der Waals surface area contributed by atoms with Crippen molar-refractivity contribution in [3.8, 4) is 0 Å². The number of halogens is 3. The summed E-state index contributed by atoms with van der Waals surface area (Å²) < 4.78 is 42.7. The van der Waals surface area contributed by atoms with Crippen LogP contribution in [0.5, 0.6) is 0 Å². The summed E-state index contributed by atoms with van der Waals surface area (Å²) in [5.41, 5.74) is 2.67. The minimum Gasteiger partial charge on any atom is -0.469 e. The molecule has 0 aliphatic rings. The first-order chi connectivity index (χ1) is 9.50. The van der Waals surface area contributed by atoms with Crippen LogP contribution in [0.3, 0.4) is 0 Å². The maximum Gasteiger partial charge on any atom is 0.416 e. The Morgan fingerprint density at radius 3 is 2.35 bits per heavy atom. The van der Waals surface area contributed by atoms with Crippen molar-refractivity contribution in [3.05, 3.63) is 59.5 Å². The average Bonchev–Trinajstić information content (AvgIpc) is 2.92. The highest BCUT2D eigenvalue weighted by molar-refractivity contribution is 5.26. The molecule has 0 radical (unpaired) electrons. The number of hydrazine groups is 1. The van der Waals surface area contributed by atoms with E-state index in [0.717, 1.165) is 17.9 Å². The maximum absolute atomic E-state index is 12.5. The lowest BCUT2D eigenvalue weighted by molar-refractivity contribution is -0.137. The molecule has 2 aromatic rings. The number of hydrogen-bond acceptors (Lipinski definition) is 3. The summed E-state index contributed by atoms with van der Waals surface area (Å²) in [6.07, 6.45) is -1.45. The summed E-state index contributed by atoms with van der Waals surface area (Å²) in [5, 5.41) is 0. The van der Waals surface area contributed by atoms with Crippen molar-refractivity contribution in [3.63, 3.8) is 0 Å². The molecular formula is C14H15F3N2O. The molecule has 20 heavy (non-hydrogen) atoms. The zero-order valence-corrected chi connectivity index (χ0v) is 10.7. The van der Waals surface area contributed by atoms with E-state index >= 15 is 0 Å². The molecule has 1 unspecified atom stereocenters. The molecule has 6 heteroatoms. The van der Waals surface area contributed by atoms with Gasteiger partial charge in [0.2, 0.25) is 0 Å². The van der Waals surface area contributed by atoms with Crippen molar-refractivity contribution in [1.82, 2.24) is 5.43 Å². The van der Waals surface area contributed by atoms with E-state index in [1.54, 1.807) is 12.3 Å². The van der Waals surface area contributed by atoms with Crippen molar-refractivity contribution in [1.29, 1.82) is 0 Å². The highest BCUT2D eigenvalue weighted by Crippen LogP contribution is 2.30. The first kappa shape index (κ1) is 14.6. The summed E-state index contributed by atoms with van der Waals surface area (Å²) >= 11 is 0. The van der Waals surface area contributed by atoms with E-state index in [9.17, 15) is 13.2 Å². The van der Waals surface area contributed by atoms with Gasteiger partial charge in [0, 0.05) is 12.5 Å². The Labute approximate surface area is 114 Å². The van der Waals surface area contributed by atoms with Gasteiger partial charge in [-0.2, -0.15) is 13.2 Å². The third kappa shape index (κ3) is 3.61. The van der Waals surface area contributed by atoms with Crippen LogP contribution in [0.4, 0.5) is 13.2 Å². The van der Waals surface area contributed by atoms with Crippen molar-refractivity contribution in [2.75, 3.05) is 0 Å². The molecule has 0 saturated carbocycles. The number of furan rings is 1. The van der Waals surface area contributed by atoms with E-state index in [0.29, 0.717) is 18.4 Å². The van der Waals surface area contributed by atoms with Crippen LogP contribution < -0.4 is 11.3 Å². The highest BCUT2D eigenvalue weighted by Gasteiger charge is 2.30. The molecule has 1 aromatic heterocycles. The molecule has 1 aromatic carbocycles. The number of alkyl halides is 3. The number of nitrogens with two attached hydrogens (primary N) is 1. The molecule has 0 bridgehead atoms. The Bertz CT molecular complexity index is 520. The lowest BCUT2D eigenvalue weighted by atomic mass is 10.0. The van der Waals surface area contributed by atoms with E-state index in [2.05, 4.69) is 5.43 Å². The lowest BCUT2D eigenvalue weighted by Gasteiger charge is -2.16. The van der Waals surface area contributed by atoms with Crippen LogP contribution in [-0.2, 0) is 12.6 Å². The number of aryl methyl sites for hydroxylation is 1. The Kier molecular flexibility index (Phi) is 4.46. The Hall–Kier alpha value is -1.79. The SMILES string of the molecule is NNC(CCc1ccco1)c1ccc(C(F)(F)F)cc1. The highest BCUT2D eigenvalue weighted by atomic mass is 19.4. The van der Waals surface area contributed by atoms with Gasteiger partial charge in [-0.15, -0.1) is 0 Å². The zero-order valence-electron chi connectivity index (χ0n) is 10.7. The third-order valence-corrected chi connectivity index (χ3v) is 3.10. The quantitative estimate of drug-likeness (QED) is 0.653. The van der Waals surface area contributed by atoms with Gasteiger partial charge in [-0.3, -0.25) is 11.3 Å². The van der Waals surface area contributed by atoms with Gasteiger partial charge < -0.3 is 4.42 Å². The molecule has 3 N–H and O–H groups in total.